The zero-order valence-corrected chi connectivity index (χ0v) is 11.2. The number of nitrogens with two attached hydrogens (primary N) is 1. The molecule has 0 unspecified atom stereocenters. The van der Waals surface area contributed by atoms with Crippen molar-refractivity contribution in [2.45, 2.75) is 4.90 Å². The third kappa shape index (κ3) is 2.26. The highest BCUT2D eigenvalue weighted by atomic mass is 32.2. The molecule has 0 spiro atoms. The molecule has 1 heterocycles. The van der Waals surface area contributed by atoms with E-state index in [0.29, 0.717) is 16.8 Å². The van der Waals surface area contributed by atoms with E-state index < -0.39 is 10.0 Å². The zero-order chi connectivity index (χ0) is 14.2. The van der Waals surface area contributed by atoms with Gasteiger partial charge in [0, 0.05) is 5.56 Å². The lowest BCUT2D eigenvalue weighted by atomic mass is 10.1. The van der Waals surface area contributed by atoms with Crippen LogP contribution in [0.2, 0.25) is 0 Å². The molecule has 100 valence electrons. The van der Waals surface area contributed by atoms with Gasteiger partial charge < -0.3 is 0 Å². The van der Waals surface area contributed by atoms with E-state index in [1.807, 2.05) is 24.3 Å². The van der Waals surface area contributed by atoms with Gasteiger partial charge in [0.15, 0.2) is 0 Å². The predicted molar refractivity (Wildman–Crippen MR) is 76.3 cm³/mol. The van der Waals surface area contributed by atoms with Crippen molar-refractivity contribution < 1.29 is 8.42 Å². The fraction of sp³-hybridized carbons (Fsp3) is 0. The second-order valence-corrected chi connectivity index (χ2v) is 5.81. The van der Waals surface area contributed by atoms with Gasteiger partial charge in [0.05, 0.1) is 27.8 Å². The Balaban J connectivity index is 2.26. The maximum absolute atomic E-state index is 11.6. The van der Waals surface area contributed by atoms with E-state index in [4.69, 9.17) is 5.14 Å². The molecule has 0 aliphatic carbocycles. The summed E-state index contributed by atoms with van der Waals surface area (Å²) < 4.78 is 23.2. The van der Waals surface area contributed by atoms with E-state index >= 15 is 0 Å². The Hall–Kier alpha value is -2.31. The highest BCUT2D eigenvalue weighted by Gasteiger charge is 2.15. The number of rotatable bonds is 2. The second-order valence-electron chi connectivity index (χ2n) is 4.29. The lowest BCUT2D eigenvalue weighted by Gasteiger charge is -2.07. The average molecular weight is 285 g/mol. The molecule has 0 aliphatic heterocycles. The predicted octanol–water partition coefficient (Wildman–Crippen LogP) is 1.94. The standard InChI is InChI=1S/C14H11N3O2S/c15-20(18,19)14-8-4-1-5-10(14)13-9-16-11-6-2-3-7-12(11)17-13/h1-9H,(H2,15,18,19). The molecule has 2 aromatic carbocycles. The van der Waals surface area contributed by atoms with Gasteiger partial charge in [0.1, 0.15) is 0 Å². The number of fused-ring (bicyclic) bond motifs is 1. The van der Waals surface area contributed by atoms with Gasteiger partial charge >= 0.3 is 0 Å². The number of hydrogen-bond donors (Lipinski definition) is 1. The lowest BCUT2D eigenvalue weighted by Crippen LogP contribution is -2.13. The number of para-hydroxylation sites is 2. The molecule has 3 aromatic rings. The van der Waals surface area contributed by atoms with Crippen LogP contribution >= 0.6 is 0 Å². The molecule has 1 aromatic heterocycles. The minimum Gasteiger partial charge on any atom is -0.252 e. The van der Waals surface area contributed by atoms with Crippen LogP contribution in [0.4, 0.5) is 0 Å². The summed E-state index contributed by atoms with van der Waals surface area (Å²) in [5, 5.41) is 5.23. The van der Waals surface area contributed by atoms with Crippen molar-refractivity contribution in [1.29, 1.82) is 0 Å². The minimum absolute atomic E-state index is 0.0459. The van der Waals surface area contributed by atoms with Gasteiger partial charge in [-0.3, -0.25) is 4.98 Å². The number of benzene rings is 2. The molecule has 0 atom stereocenters. The summed E-state index contributed by atoms with van der Waals surface area (Å²) in [5.74, 6) is 0. The molecule has 0 amide bonds. The van der Waals surface area contributed by atoms with Crippen LogP contribution in [0.5, 0.6) is 0 Å². The monoisotopic (exact) mass is 285 g/mol. The summed E-state index contributed by atoms with van der Waals surface area (Å²) in [6, 6.07) is 13.9. The summed E-state index contributed by atoms with van der Waals surface area (Å²) in [4.78, 5) is 8.77. The topological polar surface area (TPSA) is 85.9 Å². The van der Waals surface area contributed by atoms with Crippen LogP contribution in [-0.2, 0) is 10.0 Å². The normalized spacial score (nSPS) is 11.7. The number of aromatic nitrogens is 2. The van der Waals surface area contributed by atoms with Crippen molar-refractivity contribution in [2.75, 3.05) is 0 Å². The highest BCUT2D eigenvalue weighted by Crippen LogP contribution is 2.25. The van der Waals surface area contributed by atoms with Gasteiger partial charge in [-0.1, -0.05) is 30.3 Å². The maximum atomic E-state index is 11.6. The van der Waals surface area contributed by atoms with E-state index in [9.17, 15) is 8.42 Å². The first-order valence-corrected chi connectivity index (χ1v) is 7.44. The third-order valence-electron chi connectivity index (χ3n) is 2.92. The second kappa shape index (κ2) is 4.66. The molecular formula is C14H11N3O2S. The van der Waals surface area contributed by atoms with Crippen molar-refractivity contribution in [3.63, 3.8) is 0 Å². The number of sulfonamides is 1. The summed E-state index contributed by atoms with van der Waals surface area (Å²) >= 11 is 0. The largest absolute Gasteiger partial charge is 0.252 e. The zero-order valence-electron chi connectivity index (χ0n) is 10.4. The first-order valence-electron chi connectivity index (χ1n) is 5.90. The highest BCUT2D eigenvalue weighted by molar-refractivity contribution is 7.89. The van der Waals surface area contributed by atoms with E-state index in [-0.39, 0.29) is 4.90 Å². The van der Waals surface area contributed by atoms with Crippen molar-refractivity contribution in [2.24, 2.45) is 5.14 Å². The smallest absolute Gasteiger partial charge is 0.238 e. The number of primary sulfonamides is 1. The molecule has 0 saturated carbocycles. The first-order chi connectivity index (χ1) is 9.55. The Bertz CT molecular complexity index is 892. The number of nitrogens with zero attached hydrogens (tertiary/aromatic N) is 2. The van der Waals surface area contributed by atoms with Crippen LogP contribution in [-0.4, -0.2) is 18.4 Å². The molecule has 2 N–H and O–H groups in total. The fourth-order valence-corrected chi connectivity index (χ4v) is 2.76. The lowest BCUT2D eigenvalue weighted by molar-refractivity contribution is 0.598. The number of hydrogen-bond acceptors (Lipinski definition) is 4. The van der Waals surface area contributed by atoms with Crippen LogP contribution in [0.1, 0.15) is 0 Å². The fourth-order valence-electron chi connectivity index (χ4n) is 2.01. The maximum Gasteiger partial charge on any atom is 0.238 e. The van der Waals surface area contributed by atoms with Gasteiger partial charge in [0.25, 0.3) is 0 Å². The Labute approximate surface area is 116 Å². The van der Waals surface area contributed by atoms with E-state index in [0.717, 1.165) is 5.52 Å². The van der Waals surface area contributed by atoms with Gasteiger partial charge in [-0.05, 0) is 18.2 Å². The molecule has 3 rings (SSSR count). The molecule has 20 heavy (non-hydrogen) atoms. The molecule has 0 radical (unpaired) electrons. The Kier molecular flexibility index (Phi) is 2.96. The van der Waals surface area contributed by atoms with Crippen LogP contribution in [0.25, 0.3) is 22.3 Å². The molecule has 0 fully saturated rings. The summed E-state index contributed by atoms with van der Waals surface area (Å²) in [7, 11) is -3.80. The van der Waals surface area contributed by atoms with Crippen LogP contribution in [0.3, 0.4) is 0 Å². The van der Waals surface area contributed by atoms with Gasteiger partial charge in [-0.2, -0.15) is 0 Å². The van der Waals surface area contributed by atoms with E-state index in [1.54, 1.807) is 24.4 Å². The molecule has 0 aliphatic rings. The Morgan fingerprint density at radius 1 is 0.900 bits per heavy atom. The molecule has 5 nitrogen and oxygen atoms in total. The van der Waals surface area contributed by atoms with Crippen LogP contribution in [0, 0.1) is 0 Å². The van der Waals surface area contributed by atoms with Crippen molar-refractivity contribution in [3.05, 3.63) is 54.7 Å². The van der Waals surface area contributed by atoms with Gasteiger partial charge in [-0.25, -0.2) is 18.5 Å². The van der Waals surface area contributed by atoms with Crippen molar-refractivity contribution >= 4 is 21.1 Å². The average Bonchev–Trinajstić information content (AvgIpc) is 2.46. The summed E-state index contributed by atoms with van der Waals surface area (Å²) in [6.45, 7) is 0. The summed E-state index contributed by atoms with van der Waals surface area (Å²) in [5.41, 5.74) is 2.39. The van der Waals surface area contributed by atoms with E-state index in [2.05, 4.69) is 9.97 Å². The quantitative estimate of drug-likeness (QED) is 0.779. The van der Waals surface area contributed by atoms with Crippen molar-refractivity contribution in [3.8, 4) is 11.3 Å². The third-order valence-corrected chi connectivity index (χ3v) is 3.89. The van der Waals surface area contributed by atoms with Crippen LogP contribution in [0.15, 0.2) is 59.6 Å². The van der Waals surface area contributed by atoms with Gasteiger partial charge in [0.2, 0.25) is 10.0 Å². The van der Waals surface area contributed by atoms with E-state index in [1.165, 1.54) is 6.07 Å². The van der Waals surface area contributed by atoms with Crippen molar-refractivity contribution in [1.82, 2.24) is 9.97 Å². The summed E-state index contributed by atoms with van der Waals surface area (Å²) in [6.07, 6.45) is 1.55. The molecular weight excluding hydrogens is 274 g/mol. The Morgan fingerprint density at radius 3 is 2.30 bits per heavy atom. The Morgan fingerprint density at radius 2 is 1.55 bits per heavy atom. The first kappa shape index (κ1) is 12.7. The molecule has 0 saturated heterocycles. The SMILES string of the molecule is NS(=O)(=O)c1ccccc1-c1cnc2ccccc2n1. The van der Waals surface area contributed by atoms with Gasteiger partial charge in [-0.15, -0.1) is 0 Å². The molecule has 6 heteroatoms. The molecule has 0 bridgehead atoms. The minimum atomic E-state index is -3.80. The van der Waals surface area contributed by atoms with Crippen LogP contribution < -0.4 is 5.14 Å².